The number of hydrogen-bond acceptors (Lipinski definition) is 4. The summed E-state index contributed by atoms with van der Waals surface area (Å²) in [4.78, 5) is 25.9. The van der Waals surface area contributed by atoms with Crippen molar-refractivity contribution in [3.05, 3.63) is 0 Å². The van der Waals surface area contributed by atoms with Crippen molar-refractivity contribution < 1.29 is 14.3 Å². The van der Waals surface area contributed by atoms with Crippen LogP contribution in [0.1, 0.15) is 39.0 Å². The summed E-state index contributed by atoms with van der Waals surface area (Å²) in [6.07, 6.45) is 4.03. The van der Waals surface area contributed by atoms with Gasteiger partial charge in [0.1, 0.15) is 6.54 Å². The molecule has 1 fully saturated rings. The first-order chi connectivity index (χ1) is 8.97. The lowest BCUT2D eigenvalue weighted by atomic mass is 9.84. The van der Waals surface area contributed by atoms with Crippen LogP contribution in [0.15, 0.2) is 0 Å². The molecule has 5 nitrogen and oxygen atoms in total. The number of ether oxygens (including phenoxy) is 1. The summed E-state index contributed by atoms with van der Waals surface area (Å²) in [7, 11) is 1.32. The fourth-order valence-corrected chi connectivity index (χ4v) is 2.88. The molecule has 0 aromatic carbocycles. The van der Waals surface area contributed by atoms with Crippen molar-refractivity contribution in [2.75, 3.05) is 20.2 Å². The summed E-state index contributed by atoms with van der Waals surface area (Å²) in [6, 6.07) is 0. The van der Waals surface area contributed by atoms with Crippen LogP contribution >= 0.6 is 12.2 Å². The van der Waals surface area contributed by atoms with Gasteiger partial charge in [-0.1, -0.05) is 32.0 Å². The van der Waals surface area contributed by atoms with E-state index < -0.39 is 11.4 Å². The van der Waals surface area contributed by atoms with E-state index in [4.69, 9.17) is 18.0 Å². The average Bonchev–Trinajstić information content (AvgIpc) is 2.87. The molecule has 0 atom stereocenters. The van der Waals surface area contributed by atoms with E-state index in [0.29, 0.717) is 19.4 Å². The Kier molecular flexibility index (Phi) is 5.72. The van der Waals surface area contributed by atoms with Gasteiger partial charge in [0.2, 0.25) is 5.91 Å². The minimum atomic E-state index is -0.751. The van der Waals surface area contributed by atoms with Crippen LogP contribution in [0.5, 0.6) is 0 Å². The molecule has 1 rings (SSSR count). The predicted molar refractivity (Wildman–Crippen MR) is 76.6 cm³/mol. The number of nitrogens with zero attached hydrogens (tertiary/aromatic N) is 1. The standard InChI is InChI=1S/C13H22N2O3S/c1-3-8-15(9-10(16)18-2)12(17)13(11(14)19)6-4-5-7-13/h3-9H2,1-2H3,(H2,14,19). The Morgan fingerprint density at radius 1 is 1.37 bits per heavy atom. The molecule has 0 bridgehead atoms. The van der Waals surface area contributed by atoms with Gasteiger partial charge in [0.15, 0.2) is 0 Å². The van der Waals surface area contributed by atoms with Gasteiger partial charge in [0.05, 0.1) is 17.5 Å². The van der Waals surface area contributed by atoms with Crippen molar-refractivity contribution in [2.45, 2.75) is 39.0 Å². The van der Waals surface area contributed by atoms with Gasteiger partial charge in [-0.05, 0) is 19.3 Å². The van der Waals surface area contributed by atoms with E-state index in [2.05, 4.69) is 4.74 Å². The Labute approximate surface area is 119 Å². The molecular weight excluding hydrogens is 264 g/mol. The van der Waals surface area contributed by atoms with Gasteiger partial charge in [-0.2, -0.15) is 0 Å². The van der Waals surface area contributed by atoms with E-state index in [1.165, 1.54) is 12.0 Å². The Bertz CT molecular complexity index is 365. The van der Waals surface area contributed by atoms with Crippen molar-refractivity contribution in [2.24, 2.45) is 11.1 Å². The van der Waals surface area contributed by atoms with Crippen molar-refractivity contribution in [1.82, 2.24) is 4.90 Å². The molecule has 1 saturated carbocycles. The van der Waals surface area contributed by atoms with Crippen LogP contribution in [0.4, 0.5) is 0 Å². The molecule has 1 aliphatic rings. The Morgan fingerprint density at radius 3 is 2.37 bits per heavy atom. The maximum Gasteiger partial charge on any atom is 0.325 e. The zero-order chi connectivity index (χ0) is 14.5. The minimum Gasteiger partial charge on any atom is -0.468 e. The summed E-state index contributed by atoms with van der Waals surface area (Å²) in [5.74, 6) is -0.539. The number of thiocarbonyl (C=S) groups is 1. The molecule has 0 heterocycles. The van der Waals surface area contributed by atoms with Gasteiger partial charge in [0.25, 0.3) is 0 Å². The number of rotatable bonds is 6. The van der Waals surface area contributed by atoms with Crippen LogP contribution < -0.4 is 5.73 Å². The molecule has 0 unspecified atom stereocenters. The number of hydrogen-bond donors (Lipinski definition) is 1. The van der Waals surface area contributed by atoms with Crippen molar-refractivity contribution in [3.63, 3.8) is 0 Å². The second kappa shape index (κ2) is 6.84. The van der Waals surface area contributed by atoms with Gasteiger partial charge in [-0.15, -0.1) is 0 Å². The van der Waals surface area contributed by atoms with Gasteiger partial charge in [0, 0.05) is 6.54 Å². The van der Waals surface area contributed by atoms with Crippen LogP contribution in [0, 0.1) is 5.41 Å². The van der Waals surface area contributed by atoms with Crippen LogP contribution in [-0.4, -0.2) is 42.0 Å². The van der Waals surface area contributed by atoms with Gasteiger partial charge >= 0.3 is 5.97 Å². The fraction of sp³-hybridized carbons (Fsp3) is 0.769. The topological polar surface area (TPSA) is 72.6 Å². The molecule has 0 aromatic rings. The molecule has 0 saturated heterocycles. The summed E-state index contributed by atoms with van der Waals surface area (Å²) in [5, 5.41) is 0. The van der Waals surface area contributed by atoms with Crippen molar-refractivity contribution in [1.29, 1.82) is 0 Å². The normalized spacial score (nSPS) is 16.9. The Morgan fingerprint density at radius 2 is 1.95 bits per heavy atom. The zero-order valence-electron chi connectivity index (χ0n) is 11.6. The van der Waals surface area contributed by atoms with E-state index in [9.17, 15) is 9.59 Å². The predicted octanol–water partition coefficient (Wildman–Crippen LogP) is 1.24. The van der Waals surface area contributed by atoms with E-state index in [1.807, 2.05) is 6.92 Å². The molecule has 1 amide bonds. The number of amides is 1. The van der Waals surface area contributed by atoms with Crippen LogP contribution in [0.3, 0.4) is 0 Å². The SMILES string of the molecule is CCCN(CC(=O)OC)C(=O)C1(C(N)=S)CCCC1. The smallest absolute Gasteiger partial charge is 0.325 e. The largest absolute Gasteiger partial charge is 0.468 e. The third-order valence-corrected chi connectivity index (χ3v) is 4.06. The van der Waals surface area contributed by atoms with Crippen molar-refractivity contribution >= 4 is 29.1 Å². The van der Waals surface area contributed by atoms with E-state index >= 15 is 0 Å². The zero-order valence-corrected chi connectivity index (χ0v) is 12.4. The van der Waals surface area contributed by atoms with E-state index in [1.54, 1.807) is 0 Å². The average molecular weight is 286 g/mol. The minimum absolute atomic E-state index is 0.0342. The fourth-order valence-electron chi connectivity index (χ4n) is 2.59. The molecule has 0 aromatic heterocycles. The Balaban J connectivity index is 2.90. The van der Waals surface area contributed by atoms with E-state index in [0.717, 1.165) is 19.3 Å². The maximum atomic E-state index is 12.7. The summed E-state index contributed by atoms with van der Waals surface area (Å²) >= 11 is 5.10. The molecule has 1 aliphatic carbocycles. The van der Waals surface area contributed by atoms with Crippen LogP contribution in [-0.2, 0) is 14.3 Å². The molecule has 19 heavy (non-hydrogen) atoms. The highest BCUT2D eigenvalue weighted by molar-refractivity contribution is 7.80. The first kappa shape index (κ1) is 15.9. The van der Waals surface area contributed by atoms with Gasteiger partial charge in [-0.3, -0.25) is 9.59 Å². The second-order valence-electron chi connectivity index (χ2n) is 4.96. The van der Waals surface area contributed by atoms with Crippen molar-refractivity contribution in [3.8, 4) is 0 Å². The monoisotopic (exact) mass is 286 g/mol. The number of esters is 1. The quantitative estimate of drug-likeness (QED) is 0.587. The molecule has 2 N–H and O–H groups in total. The summed E-state index contributed by atoms with van der Waals surface area (Å²) in [6.45, 7) is 2.44. The number of nitrogens with two attached hydrogens (primary N) is 1. The van der Waals surface area contributed by atoms with E-state index in [-0.39, 0.29) is 17.4 Å². The first-order valence-corrected chi connectivity index (χ1v) is 7.05. The maximum absolute atomic E-state index is 12.7. The molecule has 6 heteroatoms. The third kappa shape index (κ3) is 3.43. The number of carbonyl (C=O) groups is 2. The highest BCUT2D eigenvalue weighted by Crippen LogP contribution is 2.40. The number of carbonyl (C=O) groups excluding carboxylic acids is 2. The lowest BCUT2D eigenvalue weighted by Crippen LogP contribution is -2.50. The summed E-state index contributed by atoms with van der Waals surface area (Å²) in [5.41, 5.74) is 5.05. The van der Waals surface area contributed by atoms with Crippen LogP contribution in [0.2, 0.25) is 0 Å². The third-order valence-electron chi connectivity index (χ3n) is 3.67. The molecule has 0 radical (unpaired) electrons. The lowest BCUT2D eigenvalue weighted by Gasteiger charge is -2.33. The summed E-state index contributed by atoms with van der Waals surface area (Å²) < 4.78 is 4.64. The molecule has 108 valence electrons. The molecular formula is C13H22N2O3S. The first-order valence-electron chi connectivity index (χ1n) is 6.64. The van der Waals surface area contributed by atoms with Gasteiger partial charge < -0.3 is 15.4 Å². The highest BCUT2D eigenvalue weighted by atomic mass is 32.1. The second-order valence-corrected chi connectivity index (χ2v) is 5.40. The van der Waals surface area contributed by atoms with Gasteiger partial charge in [-0.25, -0.2) is 0 Å². The number of methoxy groups -OCH3 is 1. The van der Waals surface area contributed by atoms with Crippen LogP contribution in [0.25, 0.3) is 0 Å². The molecule has 0 aliphatic heterocycles. The lowest BCUT2D eigenvalue weighted by molar-refractivity contribution is -0.149. The molecule has 0 spiro atoms. The highest BCUT2D eigenvalue weighted by Gasteiger charge is 2.46. The Hall–Kier alpha value is -1.17.